The first kappa shape index (κ1) is 35.7. The van der Waals surface area contributed by atoms with Crippen molar-refractivity contribution < 1.29 is 37.9 Å². The number of hydrogen-bond donors (Lipinski definition) is 2. The summed E-state index contributed by atoms with van der Waals surface area (Å²) in [5.41, 5.74) is 2.79. The van der Waals surface area contributed by atoms with E-state index in [-0.39, 0.29) is 32.1 Å². The van der Waals surface area contributed by atoms with Gasteiger partial charge in [0, 0.05) is 31.4 Å². The number of likely N-dealkylation sites (N-methyl/N-ethyl adjacent to an activating group) is 1. The Morgan fingerprint density at radius 3 is 2.31 bits per heavy atom. The molecule has 48 heavy (non-hydrogen) atoms. The molecule has 0 aromatic carbocycles. The van der Waals surface area contributed by atoms with E-state index in [1.165, 1.54) is 16.0 Å². The third-order valence-electron chi connectivity index (χ3n) is 7.05. The van der Waals surface area contributed by atoms with E-state index in [0.29, 0.717) is 50.8 Å². The van der Waals surface area contributed by atoms with Crippen LogP contribution < -0.4 is 5.32 Å². The number of rotatable bonds is 9. The number of aromatic amines is 1. The van der Waals surface area contributed by atoms with Crippen LogP contribution in [0.4, 0.5) is 15.3 Å². The van der Waals surface area contributed by atoms with Crippen molar-refractivity contribution in [1.82, 2.24) is 24.9 Å². The fraction of sp³-hybridized carbons (Fsp3) is 0.471. The van der Waals surface area contributed by atoms with E-state index in [4.69, 9.17) is 18.7 Å². The molecule has 14 nitrogen and oxygen atoms in total. The molecule has 0 saturated heterocycles. The topological polar surface area (TPSA) is 169 Å². The second kappa shape index (κ2) is 13.9. The van der Waals surface area contributed by atoms with Crippen molar-refractivity contribution in [3.05, 3.63) is 52.3 Å². The number of ether oxygens (including phenoxy) is 3. The number of H-pyrrole nitrogens is 1. The molecule has 1 aliphatic rings. The zero-order valence-corrected chi connectivity index (χ0v) is 29.2. The van der Waals surface area contributed by atoms with Crippen LogP contribution in [0.3, 0.4) is 0 Å². The van der Waals surface area contributed by atoms with Gasteiger partial charge in [0.05, 0.1) is 53.1 Å². The maximum absolute atomic E-state index is 13.4. The van der Waals surface area contributed by atoms with Crippen molar-refractivity contribution in [1.29, 1.82) is 0 Å². The minimum Gasteiger partial charge on any atom is -0.462 e. The normalized spacial score (nSPS) is 13.6. The lowest BCUT2D eigenvalue weighted by atomic mass is 10.0. The van der Waals surface area contributed by atoms with E-state index in [9.17, 15) is 19.2 Å². The third-order valence-corrected chi connectivity index (χ3v) is 7.05. The van der Waals surface area contributed by atoms with Gasteiger partial charge in [0.1, 0.15) is 22.7 Å². The summed E-state index contributed by atoms with van der Waals surface area (Å²) in [7, 11) is 1.59. The summed E-state index contributed by atoms with van der Waals surface area (Å²) in [5, 5.41) is 7.06. The van der Waals surface area contributed by atoms with Crippen LogP contribution in [0, 0.1) is 13.8 Å². The molecule has 0 aliphatic carbocycles. The van der Waals surface area contributed by atoms with Crippen molar-refractivity contribution in [2.75, 3.05) is 32.1 Å². The Morgan fingerprint density at radius 2 is 1.67 bits per heavy atom. The molecule has 0 fully saturated rings. The van der Waals surface area contributed by atoms with Crippen LogP contribution in [0.2, 0.25) is 0 Å². The van der Waals surface area contributed by atoms with Crippen molar-refractivity contribution in [2.45, 2.75) is 80.1 Å². The lowest BCUT2D eigenvalue weighted by molar-refractivity contribution is -0.110. The first-order valence-corrected chi connectivity index (χ1v) is 15.6. The first-order chi connectivity index (χ1) is 22.4. The molecule has 3 aromatic heterocycles. The summed E-state index contributed by atoms with van der Waals surface area (Å²) in [4.78, 5) is 62.2. The molecule has 4 rings (SSSR count). The van der Waals surface area contributed by atoms with Crippen LogP contribution in [0.15, 0.2) is 22.9 Å². The Hall–Kier alpha value is -5.14. The van der Waals surface area contributed by atoms with Gasteiger partial charge in [0.25, 0.3) is 5.91 Å². The zero-order valence-electron chi connectivity index (χ0n) is 29.2. The first-order valence-electron chi connectivity index (χ1n) is 15.6. The van der Waals surface area contributed by atoms with Crippen LogP contribution in [0.25, 0.3) is 22.9 Å². The number of aryl methyl sites for hydroxylation is 2. The molecular weight excluding hydrogens is 620 g/mol. The summed E-state index contributed by atoms with van der Waals surface area (Å²) in [6.07, 6.45) is 2.01. The lowest BCUT2D eigenvalue weighted by Crippen LogP contribution is -2.43. The predicted octanol–water partition coefficient (Wildman–Crippen LogP) is 5.95. The molecule has 3 amide bonds. The third kappa shape index (κ3) is 8.60. The van der Waals surface area contributed by atoms with E-state index >= 15 is 0 Å². The zero-order chi connectivity index (χ0) is 35.6. The molecule has 4 heterocycles. The van der Waals surface area contributed by atoms with Gasteiger partial charge >= 0.3 is 18.2 Å². The number of carbonyl (C=O) groups excluding carboxylic acids is 4. The highest BCUT2D eigenvalue weighted by Crippen LogP contribution is 2.37. The SMILES string of the molecule is CCOC(=O)c1cc(C)[nH]c1/C=C1\C(=O)Nc2cnc(-c3c(CN(CCN(C)C(=O)OC(C)(C)C)C(=O)OC(C)(C)C)noc3C)cc21. The summed E-state index contributed by atoms with van der Waals surface area (Å²) < 4.78 is 21.9. The van der Waals surface area contributed by atoms with Crippen molar-refractivity contribution in [2.24, 2.45) is 0 Å². The predicted molar refractivity (Wildman–Crippen MR) is 178 cm³/mol. The number of nitrogens with one attached hydrogen (secondary N) is 2. The maximum Gasteiger partial charge on any atom is 0.410 e. The molecule has 1 aliphatic heterocycles. The molecule has 0 bridgehead atoms. The second-order valence-corrected chi connectivity index (χ2v) is 13.5. The van der Waals surface area contributed by atoms with E-state index in [2.05, 4.69) is 20.4 Å². The van der Waals surface area contributed by atoms with Crippen LogP contribution in [0.5, 0.6) is 0 Å². The van der Waals surface area contributed by atoms with E-state index in [0.717, 1.165) is 5.69 Å². The number of esters is 1. The molecule has 0 saturated carbocycles. The van der Waals surface area contributed by atoms with Gasteiger partial charge in [-0.2, -0.15) is 0 Å². The molecule has 0 spiro atoms. The van der Waals surface area contributed by atoms with Gasteiger partial charge in [-0.25, -0.2) is 14.4 Å². The summed E-state index contributed by atoms with van der Waals surface area (Å²) >= 11 is 0. The maximum atomic E-state index is 13.4. The minimum absolute atomic E-state index is 0.0208. The standard InChI is InChI=1S/C34H44N6O8/c1-11-45-30(42)23-14-19(2)36-24(23)16-22-21-15-25(35-17-26(21)37-29(22)41)28-20(3)48-38-27(28)18-40(32(44)47-34(7,8)9)13-12-39(10)31(43)46-33(4,5)6/h14-17,36H,11-13,18H2,1-10H3,(H,37,41)/b22-16-. The highest BCUT2D eigenvalue weighted by atomic mass is 16.6. The van der Waals surface area contributed by atoms with Gasteiger partial charge in [0.2, 0.25) is 0 Å². The van der Waals surface area contributed by atoms with Gasteiger partial charge < -0.3 is 38.8 Å². The van der Waals surface area contributed by atoms with Crippen LogP contribution in [0.1, 0.15) is 87.2 Å². The van der Waals surface area contributed by atoms with Crippen LogP contribution in [-0.4, -0.2) is 86.9 Å². The average molecular weight is 665 g/mol. The molecule has 0 atom stereocenters. The average Bonchev–Trinajstić information content (AvgIpc) is 3.62. The molecule has 258 valence electrons. The molecule has 3 aromatic rings. The van der Waals surface area contributed by atoms with E-state index in [1.54, 1.807) is 80.6 Å². The molecule has 0 radical (unpaired) electrons. The van der Waals surface area contributed by atoms with Crippen molar-refractivity contribution >= 4 is 41.4 Å². The number of aromatic nitrogens is 3. The summed E-state index contributed by atoms with van der Waals surface area (Å²) in [6.45, 7) is 16.3. The number of fused-ring (bicyclic) bond motifs is 1. The number of anilines is 1. The summed E-state index contributed by atoms with van der Waals surface area (Å²) in [6, 6.07) is 3.40. The number of pyridine rings is 1. The number of hydrogen-bond acceptors (Lipinski definition) is 10. The number of amides is 3. The highest BCUT2D eigenvalue weighted by molar-refractivity contribution is 6.35. The minimum atomic E-state index is -0.774. The largest absolute Gasteiger partial charge is 0.462 e. The van der Waals surface area contributed by atoms with Crippen molar-refractivity contribution in [3.8, 4) is 11.3 Å². The molecule has 14 heteroatoms. The fourth-order valence-electron chi connectivity index (χ4n) is 4.91. The molecule has 2 N–H and O–H groups in total. The smallest absolute Gasteiger partial charge is 0.410 e. The Morgan fingerprint density at radius 1 is 1.00 bits per heavy atom. The van der Waals surface area contributed by atoms with Gasteiger partial charge in [-0.15, -0.1) is 0 Å². The van der Waals surface area contributed by atoms with E-state index in [1.807, 2.05) is 6.92 Å². The van der Waals surface area contributed by atoms with Gasteiger partial charge in [-0.3, -0.25) is 9.78 Å². The summed E-state index contributed by atoms with van der Waals surface area (Å²) in [5.74, 6) is -0.419. The highest BCUT2D eigenvalue weighted by Gasteiger charge is 2.30. The van der Waals surface area contributed by atoms with Crippen LogP contribution >= 0.6 is 0 Å². The Bertz CT molecular complexity index is 1740. The Labute approximate surface area is 279 Å². The fourth-order valence-corrected chi connectivity index (χ4v) is 4.91. The quantitative estimate of drug-likeness (QED) is 0.158. The Balaban J connectivity index is 1.67. The van der Waals surface area contributed by atoms with Gasteiger partial charge in [0.15, 0.2) is 0 Å². The lowest BCUT2D eigenvalue weighted by Gasteiger charge is -2.29. The number of carbonyl (C=O) groups is 4. The molecular formula is C34H44N6O8. The van der Waals surface area contributed by atoms with Crippen LogP contribution in [-0.2, 0) is 25.5 Å². The number of nitrogens with zero attached hydrogens (tertiary/aromatic N) is 4. The monoisotopic (exact) mass is 664 g/mol. The Kier molecular flexibility index (Phi) is 10.4. The molecule has 0 unspecified atom stereocenters. The van der Waals surface area contributed by atoms with Crippen molar-refractivity contribution in [3.63, 3.8) is 0 Å². The van der Waals surface area contributed by atoms with E-state index < -0.39 is 29.4 Å². The van der Waals surface area contributed by atoms with Gasteiger partial charge in [-0.1, -0.05) is 5.16 Å². The second-order valence-electron chi connectivity index (χ2n) is 13.5. The van der Waals surface area contributed by atoms with Gasteiger partial charge in [-0.05, 0) is 80.5 Å².